The van der Waals surface area contributed by atoms with Crippen molar-refractivity contribution in [1.82, 2.24) is 4.98 Å². The molecule has 27 heavy (non-hydrogen) atoms. The lowest BCUT2D eigenvalue weighted by Crippen LogP contribution is -2.18. The van der Waals surface area contributed by atoms with Crippen molar-refractivity contribution in [3.63, 3.8) is 0 Å². The number of nitrogens with zero attached hydrogens (tertiary/aromatic N) is 1. The van der Waals surface area contributed by atoms with Crippen LogP contribution in [0.1, 0.15) is 20.7 Å². The average Bonchev–Trinajstić information content (AvgIpc) is 2.69. The second-order valence-electron chi connectivity index (χ2n) is 5.56. The first-order valence-corrected chi connectivity index (χ1v) is 8.42. The van der Waals surface area contributed by atoms with Crippen LogP contribution in [0.15, 0.2) is 66.9 Å². The van der Waals surface area contributed by atoms with Crippen molar-refractivity contribution in [2.75, 3.05) is 17.7 Å². The fraction of sp³-hybridized carbons (Fsp3) is 0.0500. The number of rotatable bonds is 5. The van der Waals surface area contributed by atoms with Crippen molar-refractivity contribution < 1.29 is 14.3 Å². The van der Waals surface area contributed by atoms with Gasteiger partial charge in [-0.3, -0.25) is 9.59 Å². The van der Waals surface area contributed by atoms with Crippen LogP contribution in [0.2, 0.25) is 5.15 Å². The van der Waals surface area contributed by atoms with E-state index in [1.807, 2.05) is 0 Å². The number of hydrogen-bond donors (Lipinski definition) is 2. The van der Waals surface area contributed by atoms with Crippen molar-refractivity contribution in [2.45, 2.75) is 0 Å². The molecule has 0 spiro atoms. The molecule has 0 aliphatic heterocycles. The zero-order chi connectivity index (χ0) is 19.2. The second kappa shape index (κ2) is 8.33. The van der Waals surface area contributed by atoms with Crippen LogP contribution in [0, 0.1) is 0 Å². The number of benzene rings is 2. The summed E-state index contributed by atoms with van der Waals surface area (Å²) in [5.41, 5.74) is 1.64. The van der Waals surface area contributed by atoms with E-state index in [2.05, 4.69) is 15.6 Å². The fourth-order valence-electron chi connectivity index (χ4n) is 2.39. The van der Waals surface area contributed by atoms with Crippen molar-refractivity contribution >= 4 is 34.8 Å². The van der Waals surface area contributed by atoms with Crippen molar-refractivity contribution in [3.05, 3.63) is 83.1 Å². The lowest BCUT2D eigenvalue weighted by molar-refractivity contribution is 0.102. The van der Waals surface area contributed by atoms with E-state index >= 15 is 0 Å². The van der Waals surface area contributed by atoms with Crippen molar-refractivity contribution in [3.8, 4) is 5.75 Å². The SMILES string of the molecule is COc1cccc(NC(=O)c2ccccc2NC(=O)c2ccc(Cl)nc2)c1. The molecule has 0 atom stereocenters. The number of pyridine rings is 1. The van der Waals surface area contributed by atoms with Gasteiger partial charge in [-0.1, -0.05) is 29.8 Å². The van der Waals surface area contributed by atoms with Gasteiger partial charge in [0.15, 0.2) is 0 Å². The Kier molecular flexibility index (Phi) is 5.68. The summed E-state index contributed by atoms with van der Waals surface area (Å²) in [7, 11) is 1.55. The molecule has 0 aliphatic rings. The molecule has 1 heterocycles. The third kappa shape index (κ3) is 4.62. The summed E-state index contributed by atoms with van der Waals surface area (Å²) < 4.78 is 5.15. The predicted octanol–water partition coefficient (Wildman–Crippen LogP) is 4.25. The molecule has 3 rings (SSSR count). The van der Waals surface area contributed by atoms with Crippen LogP contribution in [0.3, 0.4) is 0 Å². The van der Waals surface area contributed by atoms with Crippen LogP contribution in [0.25, 0.3) is 0 Å². The minimum absolute atomic E-state index is 0.296. The van der Waals surface area contributed by atoms with Gasteiger partial charge in [-0.2, -0.15) is 0 Å². The van der Waals surface area contributed by atoms with Gasteiger partial charge < -0.3 is 15.4 Å². The predicted molar refractivity (Wildman–Crippen MR) is 105 cm³/mol. The summed E-state index contributed by atoms with van der Waals surface area (Å²) in [5.74, 6) is -0.112. The Hall–Kier alpha value is -3.38. The molecule has 2 amide bonds. The number of aromatic nitrogens is 1. The molecule has 0 saturated carbocycles. The van der Waals surface area contributed by atoms with Gasteiger partial charge in [0, 0.05) is 18.0 Å². The molecular formula is C20H16ClN3O3. The van der Waals surface area contributed by atoms with E-state index in [1.54, 1.807) is 61.7 Å². The molecule has 3 aromatic rings. The molecule has 6 nitrogen and oxygen atoms in total. The highest BCUT2D eigenvalue weighted by Gasteiger charge is 2.15. The maximum Gasteiger partial charge on any atom is 0.257 e. The number of carbonyl (C=O) groups is 2. The lowest BCUT2D eigenvalue weighted by Gasteiger charge is -2.12. The van der Waals surface area contributed by atoms with Crippen LogP contribution >= 0.6 is 11.6 Å². The average molecular weight is 382 g/mol. The minimum Gasteiger partial charge on any atom is -0.497 e. The molecule has 0 aliphatic carbocycles. The molecule has 7 heteroatoms. The van der Waals surface area contributed by atoms with E-state index in [-0.39, 0.29) is 11.8 Å². The Morgan fingerprint density at radius 2 is 1.78 bits per heavy atom. The summed E-state index contributed by atoms with van der Waals surface area (Å²) in [6.07, 6.45) is 1.37. The summed E-state index contributed by atoms with van der Waals surface area (Å²) >= 11 is 5.74. The molecule has 2 N–H and O–H groups in total. The zero-order valence-electron chi connectivity index (χ0n) is 14.4. The number of anilines is 2. The monoisotopic (exact) mass is 381 g/mol. The first kappa shape index (κ1) is 18.4. The molecule has 136 valence electrons. The van der Waals surface area contributed by atoms with E-state index in [0.717, 1.165) is 0 Å². The zero-order valence-corrected chi connectivity index (χ0v) is 15.2. The van der Waals surface area contributed by atoms with Gasteiger partial charge in [0.1, 0.15) is 10.9 Å². The Bertz CT molecular complexity index is 974. The van der Waals surface area contributed by atoms with Gasteiger partial charge in [0.2, 0.25) is 0 Å². The number of carbonyl (C=O) groups excluding carboxylic acids is 2. The number of amides is 2. The van der Waals surface area contributed by atoms with E-state index in [4.69, 9.17) is 16.3 Å². The van der Waals surface area contributed by atoms with Crippen LogP contribution in [-0.4, -0.2) is 23.9 Å². The Morgan fingerprint density at radius 1 is 0.963 bits per heavy atom. The lowest BCUT2D eigenvalue weighted by atomic mass is 10.1. The quantitative estimate of drug-likeness (QED) is 0.647. The number of para-hydroxylation sites is 1. The summed E-state index contributed by atoms with van der Waals surface area (Å²) in [5, 5.41) is 5.82. The standard InChI is InChI=1S/C20H16ClN3O3/c1-27-15-6-4-5-14(11-15)23-20(26)16-7-2-3-8-17(16)24-19(25)13-9-10-18(21)22-12-13/h2-12H,1H3,(H,23,26)(H,24,25). The third-order valence-electron chi connectivity index (χ3n) is 3.74. The maximum atomic E-state index is 12.7. The largest absolute Gasteiger partial charge is 0.497 e. The Balaban J connectivity index is 1.79. The Labute approximate surface area is 161 Å². The van der Waals surface area contributed by atoms with Crippen LogP contribution in [-0.2, 0) is 0 Å². The summed E-state index contributed by atoms with van der Waals surface area (Å²) in [6.45, 7) is 0. The first-order valence-electron chi connectivity index (χ1n) is 8.04. The minimum atomic E-state index is -0.388. The second-order valence-corrected chi connectivity index (χ2v) is 5.94. The van der Waals surface area contributed by atoms with Crippen molar-refractivity contribution in [1.29, 1.82) is 0 Å². The van der Waals surface area contributed by atoms with E-state index in [0.29, 0.717) is 33.4 Å². The van der Waals surface area contributed by atoms with Gasteiger partial charge in [-0.15, -0.1) is 0 Å². The third-order valence-corrected chi connectivity index (χ3v) is 3.96. The van der Waals surface area contributed by atoms with Gasteiger partial charge in [-0.05, 0) is 36.4 Å². The maximum absolute atomic E-state index is 12.7. The highest BCUT2D eigenvalue weighted by atomic mass is 35.5. The van der Waals surface area contributed by atoms with E-state index < -0.39 is 0 Å². The highest BCUT2D eigenvalue weighted by Crippen LogP contribution is 2.21. The highest BCUT2D eigenvalue weighted by molar-refractivity contribution is 6.29. The van der Waals surface area contributed by atoms with Gasteiger partial charge in [0.25, 0.3) is 11.8 Å². The number of nitrogens with one attached hydrogen (secondary N) is 2. The van der Waals surface area contributed by atoms with Crippen LogP contribution in [0.4, 0.5) is 11.4 Å². The van der Waals surface area contributed by atoms with Crippen LogP contribution in [0.5, 0.6) is 5.75 Å². The number of hydrogen-bond acceptors (Lipinski definition) is 4. The number of halogens is 1. The van der Waals surface area contributed by atoms with E-state index in [9.17, 15) is 9.59 Å². The molecule has 0 radical (unpaired) electrons. The van der Waals surface area contributed by atoms with Gasteiger partial charge in [0.05, 0.1) is 23.9 Å². The Morgan fingerprint density at radius 3 is 2.52 bits per heavy atom. The van der Waals surface area contributed by atoms with Crippen molar-refractivity contribution in [2.24, 2.45) is 0 Å². The topological polar surface area (TPSA) is 80.3 Å². The molecule has 1 aromatic heterocycles. The summed E-state index contributed by atoms with van der Waals surface area (Å²) in [4.78, 5) is 28.9. The van der Waals surface area contributed by atoms with Gasteiger partial charge >= 0.3 is 0 Å². The van der Waals surface area contributed by atoms with Crippen LogP contribution < -0.4 is 15.4 Å². The smallest absolute Gasteiger partial charge is 0.257 e. The fourth-order valence-corrected chi connectivity index (χ4v) is 2.51. The molecule has 2 aromatic carbocycles. The normalized spacial score (nSPS) is 10.1. The number of methoxy groups -OCH3 is 1. The number of ether oxygens (including phenoxy) is 1. The molecule has 0 saturated heterocycles. The molecule has 0 unspecified atom stereocenters. The molecule has 0 bridgehead atoms. The first-order chi connectivity index (χ1) is 13.1. The summed E-state index contributed by atoms with van der Waals surface area (Å²) in [6, 6.07) is 16.8. The van der Waals surface area contributed by atoms with Gasteiger partial charge in [-0.25, -0.2) is 4.98 Å². The van der Waals surface area contributed by atoms with E-state index in [1.165, 1.54) is 12.3 Å². The molecular weight excluding hydrogens is 366 g/mol. The molecule has 0 fully saturated rings.